The Bertz CT molecular complexity index is 1160. The Morgan fingerprint density at radius 2 is 2.12 bits per heavy atom. The van der Waals surface area contributed by atoms with Gasteiger partial charge in [-0.3, -0.25) is 14.5 Å². The van der Waals surface area contributed by atoms with Crippen LogP contribution in [0, 0.1) is 10.1 Å². The van der Waals surface area contributed by atoms with Crippen LogP contribution in [0.25, 0.3) is 27.5 Å². The molecule has 0 spiro atoms. The van der Waals surface area contributed by atoms with Crippen LogP contribution in [-0.2, 0) is 6.42 Å². The number of thiazole rings is 1. The van der Waals surface area contributed by atoms with Gasteiger partial charge < -0.3 is 5.32 Å². The second-order valence-electron chi connectivity index (χ2n) is 6.26. The van der Waals surface area contributed by atoms with E-state index in [1.54, 1.807) is 12.1 Å². The van der Waals surface area contributed by atoms with Gasteiger partial charge in [-0.05, 0) is 24.1 Å². The highest BCUT2D eigenvalue weighted by atomic mass is 32.1. The Balaban J connectivity index is 1.60. The summed E-state index contributed by atoms with van der Waals surface area (Å²) in [6.45, 7) is 0.980. The van der Waals surface area contributed by atoms with Crippen molar-refractivity contribution in [3.8, 4) is 22.5 Å². The summed E-state index contributed by atoms with van der Waals surface area (Å²) < 4.78 is 2.00. The van der Waals surface area contributed by atoms with Gasteiger partial charge in [0.1, 0.15) is 0 Å². The van der Waals surface area contributed by atoms with Gasteiger partial charge in [0.2, 0.25) is 0 Å². The smallest absolute Gasteiger partial charge is 0.270 e. The number of imidazole rings is 1. The Morgan fingerprint density at radius 1 is 1.19 bits per heavy atom. The van der Waals surface area contributed by atoms with Gasteiger partial charge in [-0.2, -0.15) is 0 Å². The first kappa shape index (κ1) is 15.1. The summed E-state index contributed by atoms with van der Waals surface area (Å²) in [6, 6.07) is 13.1. The van der Waals surface area contributed by atoms with E-state index in [1.165, 1.54) is 28.7 Å². The van der Waals surface area contributed by atoms with Crippen molar-refractivity contribution in [2.24, 2.45) is 0 Å². The zero-order valence-corrected chi connectivity index (χ0v) is 14.5. The van der Waals surface area contributed by atoms with Crippen LogP contribution in [0.3, 0.4) is 0 Å². The van der Waals surface area contributed by atoms with Crippen LogP contribution in [0.4, 0.5) is 11.4 Å². The number of hydrogen-bond acceptors (Lipinski definition) is 5. The minimum Gasteiger partial charge on any atom is -0.384 e. The number of nitrogens with one attached hydrogen (secondary N) is 1. The molecule has 0 radical (unpaired) electrons. The number of nitro benzene ring substituents is 1. The van der Waals surface area contributed by atoms with E-state index in [0.717, 1.165) is 40.4 Å². The first-order valence-electron chi connectivity index (χ1n) is 8.28. The monoisotopic (exact) mass is 362 g/mol. The summed E-state index contributed by atoms with van der Waals surface area (Å²) in [7, 11) is 0. The number of nitro groups is 1. The van der Waals surface area contributed by atoms with Gasteiger partial charge in [0.05, 0.1) is 16.3 Å². The summed E-state index contributed by atoms with van der Waals surface area (Å²) in [5, 5.41) is 16.4. The molecule has 0 atom stereocenters. The summed E-state index contributed by atoms with van der Waals surface area (Å²) in [4.78, 5) is 16.3. The fourth-order valence-electron chi connectivity index (χ4n) is 3.37. The Labute approximate surface area is 152 Å². The third-order valence-corrected chi connectivity index (χ3v) is 5.51. The molecule has 2 aromatic heterocycles. The van der Waals surface area contributed by atoms with Gasteiger partial charge in [0, 0.05) is 47.1 Å². The van der Waals surface area contributed by atoms with E-state index in [1.807, 2.05) is 22.0 Å². The fourth-order valence-corrected chi connectivity index (χ4v) is 4.26. The molecule has 0 fully saturated rings. The highest BCUT2D eigenvalue weighted by molar-refractivity contribution is 7.15. The minimum atomic E-state index is -0.370. The van der Waals surface area contributed by atoms with Crippen molar-refractivity contribution in [1.82, 2.24) is 9.38 Å². The number of rotatable bonds is 3. The van der Waals surface area contributed by atoms with Crippen molar-refractivity contribution in [3.05, 3.63) is 69.7 Å². The van der Waals surface area contributed by atoms with Crippen LogP contribution in [-0.4, -0.2) is 20.9 Å². The SMILES string of the molecule is O=[N+]([O-])c1cccc(-c2csc3nc(-c4ccc5c(c4)CCN5)cn23)c1. The predicted octanol–water partition coefficient (Wildman–Crippen LogP) is 4.61. The molecular weight excluding hydrogens is 348 g/mol. The minimum absolute atomic E-state index is 0.0910. The molecule has 2 aromatic carbocycles. The van der Waals surface area contributed by atoms with E-state index in [-0.39, 0.29) is 10.6 Å². The topological polar surface area (TPSA) is 72.5 Å². The van der Waals surface area contributed by atoms with Gasteiger partial charge >= 0.3 is 0 Å². The number of nitrogens with zero attached hydrogens (tertiary/aromatic N) is 3. The second-order valence-corrected chi connectivity index (χ2v) is 7.09. The maximum atomic E-state index is 11.1. The van der Waals surface area contributed by atoms with E-state index in [4.69, 9.17) is 4.98 Å². The quantitative estimate of drug-likeness (QED) is 0.427. The lowest BCUT2D eigenvalue weighted by Gasteiger charge is -2.02. The maximum absolute atomic E-state index is 11.1. The highest BCUT2D eigenvalue weighted by Gasteiger charge is 2.15. The van der Waals surface area contributed by atoms with Crippen molar-refractivity contribution in [2.75, 3.05) is 11.9 Å². The Hall–Kier alpha value is -3.19. The number of anilines is 1. The predicted molar refractivity (Wildman–Crippen MR) is 103 cm³/mol. The molecule has 128 valence electrons. The van der Waals surface area contributed by atoms with Gasteiger partial charge in [-0.15, -0.1) is 11.3 Å². The van der Waals surface area contributed by atoms with Crippen LogP contribution in [0.5, 0.6) is 0 Å². The van der Waals surface area contributed by atoms with Crippen molar-refractivity contribution >= 4 is 27.7 Å². The highest BCUT2D eigenvalue weighted by Crippen LogP contribution is 2.32. The molecule has 0 amide bonds. The Morgan fingerprint density at radius 3 is 3.00 bits per heavy atom. The zero-order chi connectivity index (χ0) is 17.7. The molecule has 6 nitrogen and oxygen atoms in total. The van der Waals surface area contributed by atoms with Crippen LogP contribution in [0.2, 0.25) is 0 Å². The number of non-ortho nitro benzene ring substituents is 1. The van der Waals surface area contributed by atoms with E-state index < -0.39 is 0 Å². The molecule has 5 rings (SSSR count). The van der Waals surface area contributed by atoms with E-state index >= 15 is 0 Å². The second kappa shape index (κ2) is 5.67. The zero-order valence-electron chi connectivity index (χ0n) is 13.7. The largest absolute Gasteiger partial charge is 0.384 e. The van der Waals surface area contributed by atoms with Crippen molar-refractivity contribution in [3.63, 3.8) is 0 Å². The standard InChI is InChI=1S/C19H14N4O2S/c24-23(25)15-3-1-2-14(9-15)18-11-26-19-21-17(10-22(18)19)12-4-5-16-13(8-12)6-7-20-16/h1-5,8-11,20H,6-7H2. The summed E-state index contributed by atoms with van der Waals surface area (Å²) in [5.41, 5.74) is 6.34. The van der Waals surface area contributed by atoms with E-state index in [2.05, 4.69) is 23.5 Å². The molecule has 1 N–H and O–H groups in total. The third kappa shape index (κ3) is 2.36. The number of hydrogen-bond donors (Lipinski definition) is 1. The average Bonchev–Trinajstić information content (AvgIpc) is 3.36. The van der Waals surface area contributed by atoms with Gasteiger partial charge in [0.15, 0.2) is 4.96 Å². The molecule has 26 heavy (non-hydrogen) atoms. The fraction of sp³-hybridized carbons (Fsp3) is 0.105. The lowest BCUT2D eigenvalue weighted by molar-refractivity contribution is -0.384. The van der Waals surface area contributed by atoms with Crippen molar-refractivity contribution in [2.45, 2.75) is 6.42 Å². The molecule has 0 saturated carbocycles. The lowest BCUT2D eigenvalue weighted by atomic mass is 10.1. The molecule has 0 aliphatic carbocycles. The number of aromatic nitrogens is 2. The lowest BCUT2D eigenvalue weighted by Crippen LogP contribution is -1.90. The van der Waals surface area contributed by atoms with Crippen molar-refractivity contribution < 1.29 is 4.92 Å². The van der Waals surface area contributed by atoms with E-state index in [0.29, 0.717) is 0 Å². The molecule has 0 unspecified atom stereocenters. The van der Waals surface area contributed by atoms with Crippen LogP contribution in [0.1, 0.15) is 5.56 Å². The van der Waals surface area contributed by atoms with E-state index in [9.17, 15) is 10.1 Å². The first-order chi connectivity index (χ1) is 12.7. The van der Waals surface area contributed by atoms with Gasteiger partial charge in [-0.1, -0.05) is 18.2 Å². The number of fused-ring (bicyclic) bond motifs is 2. The molecule has 4 aromatic rings. The maximum Gasteiger partial charge on any atom is 0.270 e. The Kier molecular flexibility index (Phi) is 3.29. The molecule has 0 saturated heterocycles. The molecule has 7 heteroatoms. The first-order valence-corrected chi connectivity index (χ1v) is 9.15. The molecule has 1 aliphatic heterocycles. The van der Waals surface area contributed by atoms with Crippen LogP contribution >= 0.6 is 11.3 Å². The van der Waals surface area contributed by atoms with Gasteiger partial charge in [-0.25, -0.2) is 4.98 Å². The third-order valence-electron chi connectivity index (χ3n) is 4.67. The average molecular weight is 362 g/mol. The molecule has 1 aliphatic rings. The summed E-state index contributed by atoms with van der Waals surface area (Å²) in [5.74, 6) is 0. The summed E-state index contributed by atoms with van der Waals surface area (Å²) in [6.07, 6.45) is 3.04. The molecule has 3 heterocycles. The molecule has 0 bridgehead atoms. The summed E-state index contributed by atoms with van der Waals surface area (Å²) >= 11 is 1.53. The normalized spacial score (nSPS) is 12.9. The number of benzene rings is 2. The van der Waals surface area contributed by atoms with Crippen LogP contribution in [0.15, 0.2) is 54.0 Å². The van der Waals surface area contributed by atoms with Gasteiger partial charge in [0.25, 0.3) is 5.69 Å². The van der Waals surface area contributed by atoms with Crippen molar-refractivity contribution in [1.29, 1.82) is 0 Å². The van der Waals surface area contributed by atoms with Crippen LogP contribution < -0.4 is 5.32 Å². The molecular formula is C19H14N4O2S.